The van der Waals surface area contributed by atoms with E-state index in [2.05, 4.69) is 46.2 Å². The average Bonchev–Trinajstić information content (AvgIpc) is 2.61. The lowest BCUT2D eigenvalue weighted by Crippen LogP contribution is -1.76. The van der Waals surface area contributed by atoms with E-state index in [4.69, 9.17) is 0 Å². The molecule has 0 saturated heterocycles. The fourth-order valence-electron chi connectivity index (χ4n) is 1.29. The van der Waals surface area contributed by atoms with Gasteiger partial charge in [-0.3, -0.25) is 0 Å². The highest BCUT2D eigenvalue weighted by molar-refractivity contribution is 9.10. The maximum atomic E-state index is 4.56. The third-order valence-corrected chi connectivity index (χ3v) is 4.98. The molecule has 0 radical (unpaired) electrons. The van der Waals surface area contributed by atoms with Crippen molar-refractivity contribution in [1.82, 2.24) is 4.98 Å². The molecule has 4 heteroatoms. The molecule has 0 amide bonds. The molecule has 1 aromatic heterocycles. The van der Waals surface area contributed by atoms with Gasteiger partial charge in [-0.15, -0.1) is 23.1 Å². The Balaban J connectivity index is 2.41. The van der Waals surface area contributed by atoms with Crippen LogP contribution in [0.3, 0.4) is 0 Å². The molecule has 0 unspecified atom stereocenters. The van der Waals surface area contributed by atoms with Crippen LogP contribution >= 0.6 is 39.0 Å². The van der Waals surface area contributed by atoms with Crippen LogP contribution in [0.2, 0.25) is 0 Å². The molecular formula is C11H10BrNS2. The van der Waals surface area contributed by atoms with Crippen molar-refractivity contribution in [2.45, 2.75) is 11.1 Å². The Bertz CT molecular complexity index is 462. The van der Waals surface area contributed by atoms with E-state index in [0.717, 1.165) is 15.2 Å². The van der Waals surface area contributed by atoms with Crippen molar-refractivity contribution < 1.29 is 0 Å². The number of halogens is 1. The zero-order valence-corrected chi connectivity index (χ0v) is 11.7. The second-order valence-electron chi connectivity index (χ2n) is 3.10. The predicted molar refractivity (Wildman–Crippen MR) is 71.8 cm³/mol. The Hall–Kier alpha value is -0.320. The molecule has 1 aromatic carbocycles. The van der Waals surface area contributed by atoms with Gasteiger partial charge in [0.05, 0.1) is 9.90 Å². The van der Waals surface area contributed by atoms with Gasteiger partial charge in [-0.1, -0.05) is 28.1 Å². The summed E-state index contributed by atoms with van der Waals surface area (Å²) in [6.07, 6.45) is 2.09. The van der Waals surface area contributed by atoms with Gasteiger partial charge in [0.2, 0.25) is 0 Å². The minimum absolute atomic E-state index is 1.10. The minimum atomic E-state index is 1.10. The number of nitrogens with zero attached hydrogens (tertiary/aromatic N) is 1. The Morgan fingerprint density at radius 2 is 1.93 bits per heavy atom. The zero-order chi connectivity index (χ0) is 10.8. The minimum Gasteiger partial charge on any atom is -0.240 e. The van der Waals surface area contributed by atoms with Crippen molar-refractivity contribution in [3.05, 3.63) is 34.4 Å². The topological polar surface area (TPSA) is 12.9 Å². The average molecular weight is 300 g/mol. The molecule has 0 aliphatic heterocycles. The van der Waals surface area contributed by atoms with E-state index in [1.165, 1.54) is 9.77 Å². The second-order valence-corrected chi connectivity index (χ2v) is 6.09. The van der Waals surface area contributed by atoms with Gasteiger partial charge < -0.3 is 0 Å². The van der Waals surface area contributed by atoms with Crippen LogP contribution in [0.15, 0.2) is 32.9 Å². The Kier molecular flexibility index (Phi) is 3.49. The van der Waals surface area contributed by atoms with Crippen LogP contribution in [0.5, 0.6) is 0 Å². The zero-order valence-electron chi connectivity index (χ0n) is 8.45. The fourth-order valence-corrected chi connectivity index (χ4v) is 3.27. The number of rotatable bonds is 2. The third-order valence-electron chi connectivity index (χ3n) is 2.03. The summed E-state index contributed by atoms with van der Waals surface area (Å²) in [4.78, 5) is 4.56. The lowest BCUT2D eigenvalue weighted by molar-refractivity contribution is 1.21. The summed E-state index contributed by atoms with van der Waals surface area (Å²) in [5.74, 6) is 0. The maximum absolute atomic E-state index is 4.56. The van der Waals surface area contributed by atoms with Gasteiger partial charge >= 0.3 is 0 Å². The first-order chi connectivity index (χ1) is 7.20. The molecule has 0 fully saturated rings. The number of hydrogen-bond acceptors (Lipinski definition) is 3. The highest BCUT2D eigenvalue weighted by Gasteiger charge is 2.07. The molecule has 0 bridgehead atoms. The maximum Gasteiger partial charge on any atom is 0.124 e. The largest absolute Gasteiger partial charge is 0.240 e. The van der Waals surface area contributed by atoms with Crippen molar-refractivity contribution in [3.63, 3.8) is 0 Å². The third kappa shape index (κ3) is 2.44. The second kappa shape index (κ2) is 4.68. The van der Waals surface area contributed by atoms with Crippen LogP contribution < -0.4 is 0 Å². The fraction of sp³-hybridized carbons (Fsp3) is 0.182. The summed E-state index contributed by atoms with van der Waals surface area (Å²) in [5.41, 5.74) is 2.32. The highest BCUT2D eigenvalue weighted by Crippen LogP contribution is 2.33. The number of benzene rings is 1. The number of aryl methyl sites for hydroxylation is 1. The molecular weight excluding hydrogens is 290 g/mol. The first-order valence-corrected chi connectivity index (χ1v) is 7.31. The van der Waals surface area contributed by atoms with E-state index in [0.29, 0.717) is 0 Å². The van der Waals surface area contributed by atoms with E-state index in [9.17, 15) is 0 Å². The van der Waals surface area contributed by atoms with Gasteiger partial charge in [0.25, 0.3) is 0 Å². The SMILES string of the molecule is CSc1sc(-c2ccc(Br)cc2)nc1C. The summed E-state index contributed by atoms with van der Waals surface area (Å²) < 4.78 is 2.40. The van der Waals surface area contributed by atoms with E-state index < -0.39 is 0 Å². The van der Waals surface area contributed by atoms with E-state index in [1.807, 2.05) is 12.1 Å². The van der Waals surface area contributed by atoms with Crippen molar-refractivity contribution in [2.24, 2.45) is 0 Å². The molecule has 0 aliphatic rings. The molecule has 0 N–H and O–H groups in total. The van der Waals surface area contributed by atoms with Gasteiger partial charge in [0.15, 0.2) is 0 Å². The predicted octanol–water partition coefficient (Wildman–Crippen LogP) is 4.60. The van der Waals surface area contributed by atoms with Crippen molar-refractivity contribution in [2.75, 3.05) is 6.26 Å². The van der Waals surface area contributed by atoms with Crippen LogP contribution in [0, 0.1) is 6.92 Å². The van der Waals surface area contributed by atoms with Gasteiger partial charge in [0.1, 0.15) is 5.01 Å². The van der Waals surface area contributed by atoms with Crippen molar-refractivity contribution in [1.29, 1.82) is 0 Å². The highest BCUT2D eigenvalue weighted by atomic mass is 79.9. The summed E-state index contributed by atoms with van der Waals surface area (Å²) in [6, 6.07) is 8.27. The normalized spacial score (nSPS) is 10.6. The molecule has 1 nitrogen and oxygen atoms in total. The standard InChI is InChI=1S/C11H10BrNS2/c1-7-11(14-2)15-10(13-7)8-3-5-9(12)6-4-8/h3-6H,1-2H3. The smallest absolute Gasteiger partial charge is 0.124 e. The summed E-state index contributed by atoms with van der Waals surface area (Å²) in [5, 5.41) is 1.10. The quantitative estimate of drug-likeness (QED) is 0.752. The molecule has 0 spiro atoms. The molecule has 0 atom stereocenters. The van der Waals surface area contributed by atoms with Crippen LogP contribution in [-0.4, -0.2) is 11.2 Å². The monoisotopic (exact) mass is 299 g/mol. The number of aromatic nitrogens is 1. The number of hydrogen-bond donors (Lipinski definition) is 0. The molecule has 2 aromatic rings. The molecule has 2 rings (SSSR count). The molecule has 0 aliphatic carbocycles. The van der Waals surface area contributed by atoms with Crippen LogP contribution in [0.4, 0.5) is 0 Å². The first-order valence-electron chi connectivity index (χ1n) is 4.48. The first kappa shape index (κ1) is 11.2. The van der Waals surface area contributed by atoms with Crippen LogP contribution in [0.25, 0.3) is 10.6 Å². The van der Waals surface area contributed by atoms with Gasteiger partial charge in [-0.2, -0.15) is 0 Å². The lowest BCUT2D eigenvalue weighted by Gasteiger charge is -1.95. The van der Waals surface area contributed by atoms with Gasteiger partial charge in [0, 0.05) is 10.0 Å². The summed E-state index contributed by atoms with van der Waals surface area (Å²) in [6.45, 7) is 2.06. The lowest BCUT2D eigenvalue weighted by atomic mass is 10.2. The van der Waals surface area contributed by atoms with E-state index in [-0.39, 0.29) is 0 Å². The molecule has 78 valence electrons. The van der Waals surface area contributed by atoms with Gasteiger partial charge in [-0.25, -0.2) is 4.98 Å². The number of thioether (sulfide) groups is 1. The van der Waals surface area contributed by atoms with E-state index >= 15 is 0 Å². The Morgan fingerprint density at radius 3 is 2.47 bits per heavy atom. The van der Waals surface area contributed by atoms with Crippen LogP contribution in [0.1, 0.15) is 5.69 Å². The Labute approximate surface area is 106 Å². The Morgan fingerprint density at radius 1 is 1.27 bits per heavy atom. The van der Waals surface area contributed by atoms with E-state index in [1.54, 1.807) is 23.1 Å². The number of thiazole rings is 1. The molecule has 0 saturated carbocycles. The summed E-state index contributed by atoms with van der Waals surface area (Å²) >= 11 is 6.95. The van der Waals surface area contributed by atoms with Crippen LogP contribution in [-0.2, 0) is 0 Å². The molecule has 1 heterocycles. The summed E-state index contributed by atoms with van der Waals surface area (Å²) in [7, 11) is 0. The van der Waals surface area contributed by atoms with Crippen molar-refractivity contribution in [3.8, 4) is 10.6 Å². The molecule has 15 heavy (non-hydrogen) atoms. The van der Waals surface area contributed by atoms with Crippen molar-refractivity contribution >= 4 is 39.0 Å². The van der Waals surface area contributed by atoms with Gasteiger partial charge in [-0.05, 0) is 25.3 Å².